The van der Waals surface area contributed by atoms with E-state index in [-0.39, 0.29) is 6.04 Å². The van der Waals surface area contributed by atoms with Crippen LogP contribution in [0.2, 0.25) is 0 Å². The molecule has 2 rings (SSSR count). The van der Waals surface area contributed by atoms with Gasteiger partial charge in [0.1, 0.15) is 5.67 Å². The summed E-state index contributed by atoms with van der Waals surface area (Å²) in [5, 5.41) is 9.94. The minimum Gasteiger partial charge on any atom is -0.397 e. The Labute approximate surface area is 162 Å². The maximum Gasteiger partial charge on any atom is 0.112 e. The molecule has 146 valence electrons. The fraction of sp³-hybridized carbons (Fsp3) is 0.391. The number of nitrogens with zero attached hydrogens (tertiary/aromatic N) is 1. The summed E-state index contributed by atoms with van der Waals surface area (Å²) in [7, 11) is 0. The van der Waals surface area contributed by atoms with Gasteiger partial charge in [0.25, 0.3) is 0 Å². The molecule has 27 heavy (non-hydrogen) atoms. The van der Waals surface area contributed by atoms with Gasteiger partial charge in [-0.3, -0.25) is 0 Å². The van der Waals surface area contributed by atoms with E-state index in [1.807, 2.05) is 25.1 Å². The van der Waals surface area contributed by atoms with E-state index in [4.69, 9.17) is 5.73 Å². The Bertz CT molecular complexity index is 713. The van der Waals surface area contributed by atoms with Gasteiger partial charge in [0.15, 0.2) is 0 Å². The first-order chi connectivity index (χ1) is 12.7. The lowest BCUT2D eigenvalue weighted by atomic mass is 9.77. The topological polar surface area (TPSA) is 49.5 Å². The Hall–Kier alpha value is -2.33. The van der Waals surface area contributed by atoms with Crippen LogP contribution in [0, 0.1) is 0 Å². The highest BCUT2D eigenvalue weighted by molar-refractivity contribution is 5.30. The lowest BCUT2D eigenvalue weighted by Crippen LogP contribution is -2.50. The Morgan fingerprint density at radius 1 is 1.37 bits per heavy atom. The maximum absolute atomic E-state index is 14.1. The van der Waals surface area contributed by atoms with Gasteiger partial charge in [-0.2, -0.15) is 0 Å². The number of benzene rings is 1. The van der Waals surface area contributed by atoms with E-state index in [0.717, 1.165) is 11.3 Å². The van der Waals surface area contributed by atoms with Crippen LogP contribution in [-0.4, -0.2) is 27.8 Å². The molecule has 1 fully saturated rings. The number of halogens is 1. The van der Waals surface area contributed by atoms with Crippen molar-refractivity contribution in [3.05, 3.63) is 84.2 Å². The van der Waals surface area contributed by atoms with Crippen molar-refractivity contribution < 1.29 is 9.50 Å². The Morgan fingerprint density at radius 2 is 2.00 bits per heavy atom. The predicted octanol–water partition coefficient (Wildman–Crippen LogP) is 4.62. The molecule has 0 heterocycles. The van der Waals surface area contributed by atoms with Crippen molar-refractivity contribution in [1.82, 2.24) is 4.90 Å². The zero-order chi connectivity index (χ0) is 20.0. The Morgan fingerprint density at radius 3 is 2.56 bits per heavy atom. The van der Waals surface area contributed by atoms with Crippen LogP contribution in [0.3, 0.4) is 0 Å². The highest BCUT2D eigenvalue weighted by atomic mass is 19.1. The van der Waals surface area contributed by atoms with Crippen molar-refractivity contribution >= 4 is 0 Å². The van der Waals surface area contributed by atoms with Crippen LogP contribution >= 0.6 is 0 Å². The fourth-order valence-corrected chi connectivity index (χ4v) is 3.35. The summed E-state index contributed by atoms with van der Waals surface area (Å²) in [6.45, 7) is 11.8. The normalized spacial score (nSPS) is 24.1. The number of allylic oxidation sites excluding steroid dienone is 2. The number of aliphatic hydroxyl groups is 1. The van der Waals surface area contributed by atoms with Crippen LogP contribution in [0.4, 0.5) is 4.39 Å². The van der Waals surface area contributed by atoms with E-state index in [2.05, 4.69) is 30.2 Å². The molecule has 0 spiro atoms. The summed E-state index contributed by atoms with van der Waals surface area (Å²) in [5.74, 6) is 0. The van der Waals surface area contributed by atoms with Crippen LogP contribution in [-0.2, 0) is 6.54 Å². The first-order valence-electron chi connectivity index (χ1n) is 9.35. The second-order valence-corrected chi connectivity index (χ2v) is 7.58. The van der Waals surface area contributed by atoms with Crippen molar-refractivity contribution in [3.63, 3.8) is 0 Å². The molecule has 1 unspecified atom stereocenters. The van der Waals surface area contributed by atoms with Gasteiger partial charge in [0.05, 0.1) is 11.8 Å². The zero-order valence-electron chi connectivity index (χ0n) is 16.4. The van der Waals surface area contributed by atoms with E-state index >= 15 is 0 Å². The molecular weight excluding hydrogens is 339 g/mol. The molecule has 1 atom stereocenters. The second kappa shape index (κ2) is 9.05. The van der Waals surface area contributed by atoms with Gasteiger partial charge in [-0.25, -0.2) is 4.39 Å². The van der Waals surface area contributed by atoms with Crippen LogP contribution in [0.15, 0.2) is 78.7 Å². The van der Waals surface area contributed by atoms with E-state index in [0.29, 0.717) is 37.1 Å². The second-order valence-electron chi connectivity index (χ2n) is 7.58. The average molecular weight is 371 g/mol. The maximum atomic E-state index is 14.1. The van der Waals surface area contributed by atoms with E-state index < -0.39 is 11.8 Å². The van der Waals surface area contributed by atoms with Crippen LogP contribution in [0.25, 0.3) is 0 Å². The van der Waals surface area contributed by atoms with Crippen molar-refractivity contribution in [2.45, 2.75) is 57.5 Å². The van der Waals surface area contributed by atoms with E-state index in [1.165, 1.54) is 0 Å². The zero-order valence-corrected chi connectivity index (χ0v) is 16.4. The Kier molecular flexibility index (Phi) is 7.03. The molecule has 1 aromatic rings. The van der Waals surface area contributed by atoms with Gasteiger partial charge in [-0.05, 0) is 37.5 Å². The molecule has 0 bridgehead atoms. The number of nitrogens with two attached hydrogens (primary N) is 1. The van der Waals surface area contributed by atoms with Crippen LogP contribution in [0.5, 0.6) is 0 Å². The van der Waals surface area contributed by atoms with Gasteiger partial charge in [-0.15, -0.1) is 6.58 Å². The SMILES string of the molecule is C=CCC(O)C(=C)/C=C\C(N)=C(/C)N(Cc1ccccc1)C1CC(C)(F)C1. The number of hydrogen-bond donors (Lipinski definition) is 2. The molecule has 1 saturated carbocycles. The first kappa shape index (κ1) is 21.0. The summed E-state index contributed by atoms with van der Waals surface area (Å²) in [5.41, 5.74) is 8.42. The number of rotatable bonds is 9. The van der Waals surface area contributed by atoms with Crippen molar-refractivity contribution in [2.24, 2.45) is 5.73 Å². The molecule has 0 aliphatic heterocycles. The summed E-state index contributed by atoms with van der Waals surface area (Å²) < 4.78 is 14.1. The highest BCUT2D eigenvalue weighted by Crippen LogP contribution is 2.40. The van der Waals surface area contributed by atoms with Gasteiger partial charge >= 0.3 is 0 Å². The van der Waals surface area contributed by atoms with Gasteiger partial charge in [-0.1, -0.05) is 49.1 Å². The predicted molar refractivity (Wildman–Crippen MR) is 111 cm³/mol. The number of alkyl halides is 1. The van der Waals surface area contributed by atoms with Gasteiger partial charge < -0.3 is 15.7 Å². The third-order valence-electron chi connectivity index (χ3n) is 5.10. The molecule has 0 aromatic heterocycles. The summed E-state index contributed by atoms with van der Waals surface area (Å²) >= 11 is 0. The molecule has 1 aliphatic rings. The molecule has 3 N–H and O–H groups in total. The van der Waals surface area contributed by atoms with Crippen molar-refractivity contribution in [3.8, 4) is 0 Å². The first-order valence-corrected chi connectivity index (χ1v) is 9.35. The number of aliphatic hydroxyl groups excluding tert-OH is 1. The molecule has 4 heteroatoms. The molecule has 1 aromatic carbocycles. The van der Waals surface area contributed by atoms with Crippen LogP contribution in [0.1, 0.15) is 38.7 Å². The Balaban J connectivity index is 2.18. The average Bonchev–Trinajstić information content (AvgIpc) is 2.62. The summed E-state index contributed by atoms with van der Waals surface area (Å²) in [6.07, 6.45) is 5.93. The third kappa shape index (κ3) is 5.83. The number of hydrogen-bond acceptors (Lipinski definition) is 3. The van der Waals surface area contributed by atoms with Crippen molar-refractivity contribution in [2.75, 3.05) is 0 Å². The monoisotopic (exact) mass is 370 g/mol. The lowest BCUT2D eigenvalue weighted by Gasteiger charge is -2.47. The third-order valence-corrected chi connectivity index (χ3v) is 5.10. The smallest absolute Gasteiger partial charge is 0.112 e. The largest absolute Gasteiger partial charge is 0.397 e. The van der Waals surface area contributed by atoms with Gasteiger partial charge in [0, 0.05) is 31.1 Å². The van der Waals surface area contributed by atoms with E-state index in [1.54, 1.807) is 25.2 Å². The minimum absolute atomic E-state index is 0.127. The lowest BCUT2D eigenvalue weighted by molar-refractivity contribution is -0.00510. The molecular formula is C23H31FN2O. The van der Waals surface area contributed by atoms with Gasteiger partial charge in [0.2, 0.25) is 0 Å². The molecule has 0 radical (unpaired) electrons. The molecule has 3 nitrogen and oxygen atoms in total. The highest BCUT2D eigenvalue weighted by Gasteiger charge is 2.43. The molecule has 0 amide bonds. The molecule has 1 aliphatic carbocycles. The van der Waals surface area contributed by atoms with Crippen LogP contribution < -0.4 is 5.73 Å². The summed E-state index contributed by atoms with van der Waals surface area (Å²) in [6, 6.07) is 10.2. The van der Waals surface area contributed by atoms with Crippen molar-refractivity contribution in [1.29, 1.82) is 0 Å². The standard InChI is InChI=1S/C23H31FN2O/c1-5-9-22(27)17(2)12-13-21(25)18(3)26(20-14-23(4,24)15-20)16-19-10-7-6-8-11-19/h5-8,10-13,20,22,27H,1-2,9,14-16,25H2,3-4H3/b13-12-,21-18-. The molecule has 0 saturated heterocycles. The van der Waals surface area contributed by atoms with E-state index in [9.17, 15) is 9.50 Å². The fourth-order valence-electron chi connectivity index (χ4n) is 3.35. The minimum atomic E-state index is -1.10. The summed E-state index contributed by atoms with van der Waals surface area (Å²) in [4.78, 5) is 2.18. The quantitative estimate of drug-likeness (QED) is 0.493.